The molecular weight excluding hydrogens is 400 g/mol. The first-order valence-corrected chi connectivity index (χ1v) is 13.9. The molecule has 26 heavy (non-hydrogen) atoms. The van der Waals surface area contributed by atoms with Gasteiger partial charge in [0.05, 0.1) is 5.60 Å². The van der Waals surface area contributed by atoms with E-state index in [1.807, 2.05) is 0 Å². The molecule has 0 saturated carbocycles. The van der Waals surface area contributed by atoms with Crippen LogP contribution in [0.25, 0.3) is 5.57 Å². The maximum atomic E-state index is 7.01. The Hall–Kier alpha value is -0.383. The number of allylic oxidation sites excluding steroid dienone is 2. The molecule has 0 amide bonds. The second kappa shape index (κ2) is 11.5. The average Bonchev–Trinajstić information content (AvgIpc) is 2.68. The number of halogens is 1. The number of hydrogen-bond donors (Lipinski definition) is 0. The highest BCUT2D eigenvalue weighted by molar-refractivity contribution is 9.10. The molecule has 0 radical (unpaired) electrons. The van der Waals surface area contributed by atoms with Gasteiger partial charge in [0.15, 0.2) is 8.32 Å². The van der Waals surface area contributed by atoms with E-state index in [9.17, 15) is 0 Å². The first kappa shape index (κ1) is 23.7. The maximum absolute atomic E-state index is 7.01. The molecule has 0 saturated heterocycles. The maximum Gasteiger partial charge on any atom is 0.192 e. The standard InChI is InChI=1S/C23H39BrOSi/c1-7-20(21-15-13-17-22(24)19-21)16-14-18-23(8-2,9-3)25-26(10-4,11-5)12-6/h13,15-17,19H,7-12,14,18H2,1-6H3/b20-16-. The van der Waals surface area contributed by atoms with Crippen LogP contribution in [0.5, 0.6) is 0 Å². The SMILES string of the molecule is CC/C(=C/CCC(CC)(CC)O[Si](CC)(CC)CC)c1cccc(Br)c1. The third kappa shape index (κ3) is 6.35. The topological polar surface area (TPSA) is 9.23 Å². The van der Waals surface area contributed by atoms with Crippen molar-refractivity contribution >= 4 is 29.8 Å². The summed E-state index contributed by atoms with van der Waals surface area (Å²) >= 11 is 3.60. The van der Waals surface area contributed by atoms with Gasteiger partial charge in [0.2, 0.25) is 0 Å². The summed E-state index contributed by atoms with van der Waals surface area (Å²) in [7, 11) is -1.58. The molecule has 1 nitrogen and oxygen atoms in total. The predicted molar refractivity (Wildman–Crippen MR) is 123 cm³/mol. The van der Waals surface area contributed by atoms with E-state index in [1.54, 1.807) is 0 Å². The minimum Gasteiger partial charge on any atom is -0.411 e. The van der Waals surface area contributed by atoms with E-state index < -0.39 is 8.32 Å². The van der Waals surface area contributed by atoms with Crippen LogP contribution in [-0.4, -0.2) is 13.9 Å². The first-order chi connectivity index (χ1) is 12.4. The Kier molecular flexibility index (Phi) is 10.4. The van der Waals surface area contributed by atoms with Gasteiger partial charge in [-0.3, -0.25) is 0 Å². The Morgan fingerprint density at radius 1 is 1.04 bits per heavy atom. The van der Waals surface area contributed by atoms with E-state index >= 15 is 0 Å². The molecule has 1 rings (SSSR count). The van der Waals surface area contributed by atoms with Crippen LogP contribution in [0.3, 0.4) is 0 Å². The van der Waals surface area contributed by atoms with Crippen LogP contribution in [0, 0.1) is 0 Å². The zero-order chi connectivity index (χ0) is 19.6. The highest BCUT2D eigenvalue weighted by Gasteiger charge is 2.38. The van der Waals surface area contributed by atoms with Crippen LogP contribution in [0.2, 0.25) is 18.1 Å². The van der Waals surface area contributed by atoms with Crippen LogP contribution in [0.4, 0.5) is 0 Å². The fourth-order valence-electron chi connectivity index (χ4n) is 3.89. The van der Waals surface area contributed by atoms with Crippen molar-refractivity contribution in [3.8, 4) is 0 Å². The number of benzene rings is 1. The summed E-state index contributed by atoms with van der Waals surface area (Å²) in [5, 5.41) is 0. The lowest BCUT2D eigenvalue weighted by Crippen LogP contribution is -2.46. The summed E-state index contributed by atoms with van der Waals surface area (Å²) in [5.41, 5.74) is 2.83. The van der Waals surface area contributed by atoms with Crippen LogP contribution in [0.1, 0.15) is 79.2 Å². The van der Waals surface area contributed by atoms with E-state index in [-0.39, 0.29) is 5.60 Å². The molecule has 0 aliphatic heterocycles. The summed E-state index contributed by atoms with van der Waals surface area (Å²) in [6.07, 6.45) is 7.97. The van der Waals surface area contributed by atoms with Gasteiger partial charge in [-0.25, -0.2) is 0 Å². The second-order valence-corrected chi connectivity index (χ2v) is 13.0. The molecule has 0 bridgehead atoms. The molecule has 0 heterocycles. The fraction of sp³-hybridized carbons (Fsp3) is 0.652. The quantitative estimate of drug-likeness (QED) is 0.296. The van der Waals surface area contributed by atoms with E-state index in [1.165, 1.54) is 29.3 Å². The largest absolute Gasteiger partial charge is 0.411 e. The molecule has 0 fully saturated rings. The minimum absolute atomic E-state index is 0.0564. The van der Waals surface area contributed by atoms with Crippen molar-refractivity contribution in [1.29, 1.82) is 0 Å². The van der Waals surface area contributed by atoms with E-state index in [0.717, 1.165) is 36.6 Å². The summed E-state index contributed by atoms with van der Waals surface area (Å²) in [6.45, 7) is 13.9. The third-order valence-corrected chi connectivity index (χ3v) is 11.4. The van der Waals surface area contributed by atoms with E-state index in [2.05, 4.69) is 87.8 Å². The Bertz CT molecular complexity index is 551. The molecular formula is C23H39BrOSi. The molecule has 148 valence electrons. The lowest BCUT2D eigenvalue weighted by molar-refractivity contribution is 0.0397. The minimum atomic E-state index is -1.58. The summed E-state index contributed by atoms with van der Waals surface area (Å²) in [4.78, 5) is 0. The van der Waals surface area contributed by atoms with Crippen molar-refractivity contribution in [2.75, 3.05) is 0 Å². The van der Waals surface area contributed by atoms with Crippen LogP contribution in [-0.2, 0) is 4.43 Å². The van der Waals surface area contributed by atoms with Gasteiger partial charge >= 0.3 is 0 Å². The van der Waals surface area contributed by atoms with Gasteiger partial charge < -0.3 is 4.43 Å². The van der Waals surface area contributed by atoms with Gasteiger partial charge in [0.25, 0.3) is 0 Å². The van der Waals surface area contributed by atoms with Crippen LogP contribution in [0.15, 0.2) is 34.8 Å². The van der Waals surface area contributed by atoms with Crippen LogP contribution >= 0.6 is 15.9 Å². The zero-order valence-electron chi connectivity index (χ0n) is 17.8. The van der Waals surface area contributed by atoms with Gasteiger partial charge in [-0.1, -0.05) is 75.7 Å². The van der Waals surface area contributed by atoms with Crippen molar-refractivity contribution in [3.05, 3.63) is 40.4 Å². The molecule has 3 heteroatoms. The van der Waals surface area contributed by atoms with Crippen LogP contribution < -0.4 is 0 Å². The van der Waals surface area contributed by atoms with Gasteiger partial charge in [-0.2, -0.15) is 0 Å². The Morgan fingerprint density at radius 3 is 2.12 bits per heavy atom. The summed E-state index contributed by atoms with van der Waals surface area (Å²) in [5.74, 6) is 0. The molecule has 0 N–H and O–H groups in total. The molecule has 1 aromatic rings. The van der Waals surface area contributed by atoms with E-state index in [0.29, 0.717) is 0 Å². The smallest absolute Gasteiger partial charge is 0.192 e. The van der Waals surface area contributed by atoms with E-state index in [4.69, 9.17) is 4.43 Å². The lowest BCUT2D eigenvalue weighted by atomic mass is 9.90. The highest BCUT2D eigenvalue weighted by atomic mass is 79.9. The van der Waals surface area contributed by atoms with Crippen molar-refractivity contribution in [3.63, 3.8) is 0 Å². The number of rotatable bonds is 12. The zero-order valence-corrected chi connectivity index (χ0v) is 20.4. The normalized spacial score (nSPS) is 13.3. The molecule has 0 spiro atoms. The van der Waals surface area contributed by atoms with Crippen molar-refractivity contribution in [2.45, 2.75) is 97.4 Å². The average molecular weight is 440 g/mol. The third-order valence-electron chi connectivity index (χ3n) is 6.22. The van der Waals surface area contributed by atoms with Gasteiger partial charge in [-0.15, -0.1) is 0 Å². The fourth-order valence-corrected chi connectivity index (χ4v) is 7.53. The van der Waals surface area contributed by atoms with Gasteiger partial charge in [0, 0.05) is 4.47 Å². The monoisotopic (exact) mass is 438 g/mol. The summed E-state index contributed by atoms with van der Waals surface area (Å²) < 4.78 is 8.17. The molecule has 0 unspecified atom stereocenters. The second-order valence-electron chi connectivity index (χ2n) is 7.37. The molecule has 0 aliphatic rings. The lowest BCUT2D eigenvalue weighted by Gasteiger charge is -2.42. The molecule has 0 aromatic heterocycles. The van der Waals surface area contributed by atoms with Crippen molar-refractivity contribution in [2.24, 2.45) is 0 Å². The first-order valence-electron chi connectivity index (χ1n) is 10.6. The van der Waals surface area contributed by atoms with Crippen molar-refractivity contribution < 1.29 is 4.43 Å². The molecule has 1 aromatic carbocycles. The molecule has 0 aliphatic carbocycles. The highest BCUT2D eigenvalue weighted by Crippen LogP contribution is 2.35. The molecule has 0 atom stereocenters. The summed E-state index contributed by atoms with van der Waals surface area (Å²) in [6, 6.07) is 12.3. The van der Waals surface area contributed by atoms with Crippen molar-refractivity contribution in [1.82, 2.24) is 0 Å². The Labute approximate surface area is 171 Å². The van der Waals surface area contributed by atoms with Gasteiger partial charge in [0.1, 0.15) is 0 Å². The number of hydrogen-bond acceptors (Lipinski definition) is 1. The predicted octanol–water partition coefficient (Wildman–Crippen LogP) is 8.60. The Morgan fingerprint density at radius 2 is 1.65 bits per heavy atom. The Balaban J connectivity index is 2.93. The van der Waals surface area contributed by atoms with Gasteiger partial charge in [-0.05, 0) is 73.5 Å².